The lowest BCUT2D eigenvalue weighted by Crippen LogP contribution is -2.30. The molecule has 0 saturated carbocycles. The van der Waals surface area contributed by atoms with E-state index >= 15 is 0 Å². The van der Waals surface area contributed by atoms with Gasteiger partial charge in [-0.1, -0.05) is 11.6 Å². The van der Waals surface area contributed by atoms with Crippen LogP contribution in [0.4, 0.5) is 19.0 Å². The normalized spacial score (nSPS) is 13.3. The number of amidine groups is 1. The van der Waals surface area contributed by atoms with Crippen LogP contribution in [0.2, 0.25) is 5.02 Å². The fraction of sp³-hybridized carbons (Fsp3) is 0.350. The molecule has 0 radical (unpaired) electrons. The molecular weight excluding hydrogens is 481 g/mol. The number of nitrogens with zero attached hydrogens (tertiary/aromatic N) is 3. The fourth-order valence-corrected chi connectivity index (χ4v) is 3.48. The summed E-state index contributed by atoms with van der Waals surface area (Å²) in [6.45, 7) is 5.56. The Bertz CT molecular complexity index is 1070. The lowest BCUT2D eigenvalue weighted by molar-refractivity contribution is -0.137. The molecule has 33 heavy (non-hydrogen) atoms. The highest BCUT2D eigenvalue weighted by atomic mass is 35.5. The number of carbonyl (C=O) groups excluding carboxylic acids is 2. The summed E-state index contributed by atoms with van der Waals surface area (Å²) < 4.78 is 38.9. The maximum atomic E-state index is 13.0. The predicted molar refractivity (Wildman–Crippen MR) is 122 cm³/mol. The summed E-state index contributed by atoms with van der Waals surface area (Å²) in [5.41, 5.74) is -1.11. The van der Waals surface area contributed by atoms with Crippen LogP contribution in [0, 0.1) is 0 Å². The maximum absolute atomic E-state index is 13.0. The molecule has 13 heteroatoms. The number of pyridine rings is 1. The third-order valence-corrected chi connectivity index (χ3v) is 5.43. The molecule has 1 atom stereocenters. The number of amides is 2. The van der Waals surface area contributed by atoms with Crippen LogP contribution in [-0.4, -0.2) is 40.7 Å². The Labute approximate surface area is 197 Å². The van der Waals surface area contributed by atoms with E-state index in [1.165, 1.54) is 18.3 Å². The van der Waals surface area contributed by atoms with Gasteiger partial charge in [-0.15, -0.1) is 11.3 Å². The van der Waals surface area contributed by atoms with E-state index < -0.39 is 28.7 Å². The molecule has 2 aromatic heterocycles. The summed E-state index contributed by atoms with van der Waals surface area (Å²) in [7, 11) is 1.60. The summed E-state index contributed by atoms with van der Waals surface area (Å²) in [6, 6.07) is 0.289. The molecule has 1 unspecified atom stereocenters. The molecule has 0 aliphatic rings. The first-order valence-electron chi connectivity index (χ1n) is 9.62. The van der Waals surface area contributed by atoms with Gasteiger partial charge in [-0.2, -0.15) is 13.2 Å². The summed E-state index contributed by atoms with van der Waals surface area (Å²) >= 11 is 6.52. The van der Waals surface area contributed by atoms with Crippen molar-refractivity contribution in [2.45, 2.75) is 39.0 Å². The topological polar surface area (TPSA) is 108 Å². The zero-order valence-electron chi connectivity index (χ0n) is 18.1. The highest BCUT2D eigenvalue weighted by Crippen LogP contribution is 2.35. The second kappa shape index (κ2) is 11.2. The Morgan fingerprint density at radius 2 is 1.85 bits per heavy atom. The molecule has 0 aliphatic heterocycles. The number of rotatable bonds is 7. The molecule has 2 amide bonds. The number of hydrogen-bond donors (Lipinski definition) is 3. The van der Waals surface area contributed by atoms with E-state index in [0.717, 1.165) is 17.5 Å². The van der Waals surface area contributed by atoms with Crippen LogP contribution in [0.25, 0.3) is 0 Å². The van der Waals surface area contributed by atoms with E-state index in [0.29, 0.717) is 16.9 Å². The standard InChI is InChI=1S/C20H22ClF3N6O2S/c1-10(2)28-15(25-4)5-6-17(31)29-11(3)19-27-9-14(33-19)18(32)30-16-7-12(20(22,23)24)13(21)8-26-16/h5-11H,1-4H3,(H,25,28)(H,29,31)(H,26,30,32)/b6-5+. The molecule has 3 N–H and O–H groups in total. The van der Waals surface area contributed by atoms with Crippen LogP contribution in [0.15, 0.2) is 35.6 Å². The van der Waals surface area contributed by atoms with E-state index in [9.17, 15) is 22.8 Å². The number of thiazole rings is 1. The molecule has 8 nitrogen and oxygen atoms in total. The number of nitrogens with one attached hydrogen (secondary N) is 3. The lowest BCUT2D eigenvalue weighted by Gasteiger charge is -2.11. The van der Waals surface area contributed by atoms with Gasteiger partial charge in [-0.3, -0.25) is 14.6 Å². The van der Waals surface area contributed by atoms with E-state index in [1.54, 1.807) is 14.0 Å². The third-order valence-electron chi connectivity index (χ3n) is 3.95. The van der Waals surface area contributed by atoms with Crippen molar-refractivity contribution in [3.63, 3.8) is 0 Å². The third kappa shape index (κ3) is 7.82. The molecule has 0 spiro atoms. The first-order valence-corrected chi connectivity index (χ1v) is 10.8. The number of anilines is 1. The zero-order valence-corrected chi connectivity index (χ0v) is 19.7. The minimum atomic E-state index is -4.69. The van der Waals surface area contributed by atoms with Crippen molar-refractivity contribution in [2.75, 3.05) is 12.4 Å². The van der Waals surface area contributed by atoms with E-state index in [2.05, 4.69) is 30.9 Å². The van der Waals surface area contributed by atoms with E-state index in [1.807, 2.05) is 13.8 Å². The minimum absolute atomic E-state index is 0.133. The van der Waals surface area contributed by atoms with Crippen molar-refractivity contribution in [3.8, 4) is 0 Å². The van der Waals surface area contributed by atoms with Crippen LogP contribution in [-0.2, 0) is 11.0 Å². The number of alkyl halides is 3. The molecule has 0 fully saturated rings. The summed E-state index contributed by atoms with van der Waals surface area (Å²) in [5, 5.41) is 7.94. The molecule has 2 rings (SSSR count). The summed E-state index contributed by atoms with van der Waals surface area (Å²) in [5.74, 6) is -0.837. The largest absolute Gasteiger partial charge is 0.418 e. The van der Waals surface area contributed by atoms with Gasteiger partial charge in [0.15, 0.2) is 0 Å². The van der Waals surface area contributed by atoms with Gasteiger partial charge in [0, 0.05) is 25.4 Å². The Morgan fingerprint density at radius 1 is 1.15 bits per heavy atom. The Kier molecular flexibility index (Phi) is 8.94. The average Bonchev–Trinajstić information content (AvgIpc) is 3.22. The Balaban J connectivity index is 2.02. The number of carbonyl (C=O) groups is 2. The molecule has 178 valence electrons. The predicted octanol–water partition coefficient (Wildman–Crippen LogP) is 4.22. The summed E-state index contributed by atoms with van der Waals surface area (Å²) in [4.78, 5) is 36.5. The smallest absolute Gasteiger partial charge is 0.368 e. The Morgan fingerprint density at radius 3 is 2.45 bits per heavy atom. The van der Waals surface area contributed by atoms with Crippen LogP contribution >= 0.6 is 22.9 Å². The highest BCUT2D eigenvalue weighted by Gasteiger charge is 2.34. The molecular formula is C20H22ClF3N6O2S. The van der Waals surface area contributed by atoms with E-state index in [4.69, 9.17) is 11.6 Å². The first kappa shape index (κ1) is 26.3. The van der Waals surface area contributed by atoms with E-state index in [-0.39, 0.29) is 22.6 Å². The fourth-order valence-electron chi connectivity index (χ4n) is 2.46. The van der Waals surface area contributed by atoms with Crippen molar-refractivity contribution < 1.29 is 22.8 Å². The quantitative estimate of drug-likeness (QED) is 0.298. The second-order valence-electron chi connectivity index (χ2n) is 7.04. The SMILES string of the molecule is C/N=C(\C=C\C(=O)NC(C)c1ncc(C(=O)Nc2cc(C(F)(F)F)c(Cl)cn2)s1)NC(C)C. The first-order chi connectivity index (χ1) is 15.4. The van der Waals surface area contributed by atoms with Gasteiger partial charge in [0.25, 0.3) is 5.91 Å². The molecule has 0 bridgehead atoms. The van der Waals surface area contributed by atoms with Crippen molar-refractivity contribution in [1.82, 2.24) is 20.6 Å². The molecule has 2 aromatic rings. The molecule has 0 saturated heterocycles. The lowest BCUT2D eigenvalue weighted by atomic mass is 10.2. The molecule has 0 aliphatic carbocycles. The average molecular weight is 503 g/mol. The van der Waals surface area contributed by atoms with Gasteiger partial charge >= 0.3 is 6.18 Å². The van der Waals surface area contributed by atoms with Gasteiger partial charge in [-0.25, -0.2) is 9.97 Å². The minimum Gasteiger partial charge on any atom is -0.368 e. The zero-order chi connectivity index (χ0) is 24.8. The van der Waals surface area contributed by atoms with Crippen molar-refractivity contribution in [3.05, 3.63) is 51.1 Å². The number of aliphatic imine (C=N–C) groups is 1. The van der Waals surface area contributed by atoms with Crippen molar-refractivity contribution in [1.29, 1.82) is 0 Å². The highest BCUT2D eigenvalue weighted by molar-refractivity contribution is 7.13. The summed E-state index contributed by atoms with van der Waals surface area (Å²) in [6.07, 6.45) is 0.252. The molecule has 2 heterocycles. The van der Waals surface area contributed by atoms with Gasteiger partial charge in [-0.05, 0) is 32.9 Å². The Hall–Kier alpha value is -2.99. The van der Waals surface area contributed by atoms with Gasteiger partial charge in [0.05, 0.1) is 22.8 Å². The van der Waals surface area contributed by atoms with Crippen molar-refractivity contribution in [2.24, 2.45) is 4.99 Å². The number of hydrogen-bond acceptors (Lipinski definition) is 6. The van der Waals surface area contributed by atoms with Gasteiger partial charge in [0.2, 0.25) is 5.91 Å². The number of aromatic nitrogens is 2. The van der Waals surface area contributed by atoms with Crippen LogP contribution in [0.5, 0.6) is 0 Å². The second-order valence-corrected chi connectivity index (χ2v) is 8.50. The molecule has 0 aromatic carbocycles. The van der Waals surface area contributed by atoms with Crippen LogP contribution in [0.1, 0.15) is 47.1 Å². The van der Waals surface area contributed by atoms with Crippen LogP contribution in [0.3, 0.4) is 0 Å². The van der Waals surface area contributed by atoms with Crippen LogP contribution < -0.4 is 16.0 Å². The van der Waals surface area contributed by atoms with Gasteiger partial charge < -0.3 is 16.0 Å². The van der Waals surface area contributed by atoms with Crippen molar-refractivity contribution >= 4 is 46.4 Å². The number of halogens is 4. The van der Waals surface area contributed by atoms with Gasteiger partial charge in [0.1, 0.15) is 21.5 Å². The monoisotopic (exact) mass is 502 g/mol. The maximum Gasteiger partial charge on any atom is 0.418 e.